The Morgan fingerprint density at radius 1 is 0.833 bits per heavy atom. The number of aliphatic hydroxyl groups excluding tert-OH is 1. The summed E-state index contributed by atoms with van der Waals surface area (Å²) in [5, 5.41) is 11.2. The van der Waals surface area contributed by atoms with E-state index in [0.717, 1.165) is 48.3 Å². The van der Waals surface area contributed by atoms with Gasteiger partial charge in [-0.25, -0.2) is 0 Å². The lowest BCUT2D eigenvalue weighted by Gasteiger charge is -2.63. The average molecular weight is 605 g/mol. The normalized spacial score (nSPS) is 43.1. The molecule has 1 nitrogen and oxygen atoms in total. The number of aliphatic hydroxyl groups is 1. The Kier molecular flexibility index (Phi) is 8.26. The van der Waals surface area contributed by atoms with Crippen molar-refractivity contribution in [2.45, 2.75) is 118 Å². The van der Waals surface area contributed by atoms with Gasteiger partial charge in [-0.05, 0) is 156 Å². The molecule has 2 heteroatoms. The van der Waals surface area contributed by atoms with Crippen molar-refractivity contribution in [2.24, 2.45) is 58.2 Å². The zero-order valence-corrected chi connectivity index (χ0v) is 26.0. The molecule has 36 heavy (non-hydrogen) atoms. The third-order valence-electron chi connectivity index (χ3n) is 12.5. The Bertz CT molecular complexity index is 878. The van der Waals surface area contributed by atoms with Gasteiger partial charge in [-0.3, -0.25) is 0 Å². The first-order valence-electron chi connectivity index (χ1n) is 15.6. The lowest BCUT2D eigenvalue weighted by molar-refractivity contribution is -0.152. The largest absolute Gasteiger partial charge is 0.393 e. The maximum atomic E-state index is 11.2. The molecule has 4 saturated carbocycles. The molecule has 0 unspecified atom stereocenters. The summed E-state index contributed by atoms with van der Waals surface area (Å²) in [6.07, 6.45) is 16.2. The highest BCUT2D eigenvalue weighted by atomic mass is 127. The number of fused-ring (bicyclic) bond motifs is 5. The lowest BCUT2D eigenvalue weighted by Crippen LogP contribution is -2.57. The Labute approximate surface area is 236 Å². The van der Waals surface area contributed by atoms with E-state index in [1.165, 1.54) is 73.3 Å². The van der Waals surface area contributed by atoms with Crippen LogP contribution < -0.4 is 0 Å². The highest BCUT2D eigenvalue weighted by Crippen LogP contribution is 2.69. The molecule has 0 saturated heterocycles. The van der Waals surface area contributed by atoms with Crippen molar-refractivity contribution in [3.63, 3.8) is 0 Å². The van der Waals surface area contributed by atoms with Gasteiger partial charge in [-0.2, -0.15) is 0 Å². The van der Waals surface area contributed by atoms with Crippen LogP contribution in [0.15, 0.2) is 24.3 Å². The van der Waals surface area contributed by atoms with Gasteiger partial charge in [-0.15, -0.1) is 0 Å². The van der Waals surface area contributed by atoms with Crippen LogP contribution in [0, 0.1) is 61.7 Å². The molecule has 1 N–H and O–H groups in total. The molecular weight excluding hydrogens is 551 g/mol. The molecule has 0 amide bonds. The van der Waals surface area contributed by atoms with Gasteiger partial charge >= 0.3 is 0 Å². The molecule has 4 aliphatic rings. The molecular formula is C34H53IO. The van der Waals surface area contributed by atoms with Crippen molar-refractivity contribution in [2.75, 3.05) is 0 Å². The van der Waals surface area contributed by atoms with Crippen molar-refractivity contribution in [1.82, 2.24) is 0 Å². The summed E-state index contributed by atoms with van der Waals surface area (Å²) in [4.78, 5) is 0. The molecule has 4 fully saturated rings. The molecule has 0 bridgehead atoms. The van der Waals surface area contributed by atoms with Gasteiger partial charge in [0.05, 0.1) is 6.10 Å². The third-order valence-corrected chi connectivity index (χ3v) is 13.2. The fourth-order valence-electron chi connectivity index (χ4n) is 10.7. The quantitative estimate of drug-likeness (QED) is 0.308. The summed E-state index contributed by atoms with van der Waals surface area (Å²) in [7, 11) is 0. The van der Waals surface area contributed by atoms with Crippen molar-refractivity contribution in [3.8, 4) is 0 Å². The Hall–Kier alpha value is -0.0900. The molecule has 10 atom stereocenters. The number of halogens is 1. The van der Waals surface area contributed by atoms with Gasteiger partial charge in [-0.1, -0.05) is 66.0 Å². The SMILES string of the molecule is CC(C)CCC[C@@H](C)[C@H]1CC[C@H]2[C@@H]3CC[C@H]4[C@H](Cc5ccc(I)cc5)[C@@H](O)CC[C@]4(C)[C@H]3CC[C@]12C. The molecule has 0 radical (unpaired) electrons. The van der Waals surface area contributed by atoms with E-state index >= 15 is 0 Å². The highest BCUT2D eigenvalue weighted by Gasteiger charge is 2.61. The van der Waals surface area contributed by atoms with Crippen LogP contribution in [-0.2, 0) is 6.42 Å². The Morgan fingerprint density at radius 3 is 2.22 bits per heavy atom. The van der Waals surface area contributed by atoms with Gasteiger partial charge < -0.3 is 5.11 Å². The molecule has 0 spiro atoms. The van der Waals surface area contributed by atoms with E-state index in [1.807, 2.05) is 0 Å². The minimum absolute atomic E-state index is 0.115. The fraction of sp³-hybridized carbons (Fsp3) is 0.824. The third kappa shape index (κ3) is 4.98. The number of benzene rings is 1. The summed E-state index contributed by atoms with van der Waals surface area (Å²) in [5.41, 5.74) is 2.43. The van der Waals surface area contributed by atoms with E-state index in [0.29, 0.717) is 22.7 Å². The second-order valence-corrected chi connectivity index (χ2v) is 15.9. The minimum atomic E-state index is -0.115. The molecule has 202 valence electrons. The van der Waals surface area contributed by atoms with Gasteiger partial charge in [0.1, 0.15) is 0 Å². The Balaban J connectivity index is 1.31. The topological polar surface area (TPSA) is 20.2 Å². The molecule has 1 aromatic carbocycles. The molecule has 0 heterocycles. The van der Waals surface area contributed by atoms with Crippen LogP contribution in [0.1, 0.15) is 111 Å². The molecule has 0 aromatic heterocycles. The first-order valence-corrected chi connectivity index (χ1v) is 16.6. The number of hydrogen-bond acceptors (Lipinski definition) is 1. The highest BCUT2D eigenvalue weighted by molar-refractivity contribution is 14.1. The summed E-state index contributed by atoms with van der Waals surface area (Å²) >= 11 is 2.40. The zero-order chi connectivity index (χ0) is 25.7. The van der Waals surface area contributed by atoms with Crippen LogP contribution >= 0.6 is 22.6 Å². The Morgan fingerprint density at radius 2 is 1.50 bits per heavy atom. The van der Waals surface area contributed by atoms with Gasteiger partial charge in [0.15, 0.2) is 0 Å². The standard InChI is InChI=1S/C34H53IO/c1-22(2)7-6-8-23(3)28-15-16-29-26-13-14-30-27(21-24-9-11-25(35)12-10-24)32(36)18-20-34(30,5)31(26)17-19-33(28,29)4/h9-12,22-23,26-32,36H,6-8,13-21H2,1-5H3/t23-,26+,27+,28-,29+,30+,31+,32+,33-,34+/m1/s1. The van der Waals surface area contributed by atoms with Crippen LogP contribution in [0.25, 0.3) is 0 Å². The van der Waals surface area contributed by atoms with E-state index < -0.39 is 0 Å². The van der Waals surface area contributed by atoms with Crippen LogP contribution in [0.5, 0.6) is 0 Å². The van der Waals surface area contributed by atoms with Crippen molar-refractivity contribution in [1.29, 1.82) is 0 Å². The van der Waals surface area contributed by atoms with Crippen LogP contribution in [0.2, 0.25) is 0 Å². The maximum absolute atomic E-state index is 11.2. The summed E-state index contributed by atoms with van der Waals surface area (Å²) in [6, 6.07) is 9.09. The lowest BCUT2D eigenvalue weighted by atomic mass is 9.42. The number of rotatable bonds is 7. The second-order valence-electron chi connectivity index (χ2n) is 14.7. The van der Waals surface area contributed by atoms with Crippen molar-refractivity contribution < 1.29 is 5.11 Å². The maximum Gasteiger partial charge on any atom is 0.0574 e. The minimum Gasteiger partial charge on any atom is -0.393 e. The van der Waals surface area contributed by atoms with E-state index in [-0.39, 0.29) is 6.10 Å². The predicted molar refractivity (Wildman–Crippen MR) is 161 cm³/mol. The van der Waals surface area contributed by atoms with Crippen LogP contribution in [-0.4, -0.2) is 11.2 Å². The summed E-state index contributed by atoms with van der Waals surface area (Å²) in [5.74, 6) is 6.59. The molecule has 0 aliphatic heterocycles. The van der Waals surface area contributed by atoms with E-state index in [1.54, 1.807) is 0 Å². The van der Waals surface area contributed by atoms with Crippen molar-refractivity contribution in [3.05, 3.63) is 33.4 Å². The van der Waals surface area contributed by atoms with Crippen LogP contribution in [0.4, 0.5) is 0 Å². The zero-order valence-electron chi connectivity index (χ0n) is 23.8. The predicted octanol–water partition coefficient (Wildman–Crippen LogP) is 9.54. The van der Waals surface area contributed by atoms with Crippen molar-refractivity contribution >= 4 is 22.6 Å². The average Bonchev–Trinajstić information content (AvgIpc) is 3.19. The fourth-order valence-corrected chi connectivity index (χ4v) is 11.1. The molecule has 1 aromatic rings. The molecule has 5 rings (SSSR count). The van der Waals surface area contributed by atoms with Crippen LogP contribution in [0.3, 0.4) is 0 Å². The van der Waals surface area contributed by atoms with E-state index in [2.05, 4.69) is 81.5 Å². The summed E-state index contributed by atoms with van der Waals surface area (Å²) in [6.45, 7) is 12.8. The van der Waals surface area contributed by atoms with Gasteiger partial charge in [0, 0.05) is 3.57 Å². The smallest absolute Gasteiger partial charge is 0.0574 e. The van der Waals surface area contributed by atoms with Gasteiger partial charge in [0.2, 0.25) is 0 Å². The van der Waals surface area contributed by atoms with Gasteiger partial charge in [0.25, 0.3) is 0 Å². The summed E-state index contributed by atoms with van der Waals surface area (Å²) < 4.78 is 1.31. The second kappa shape index (κ2) is 10.8. The number of hydrogen-bond donors (Lipinski definition) is 1. The van der Waals surface area contributed by atoms with E-state index in [4.69, 9.17) is 0 Å². The first kappa shape index (κ1) is 27.5. The monoisotopic (exact) mass is 604 g/mol. The van der Waals surface area contributed by atoms with E-state index in [9.17, 15) is 5.11 Å². The molecule has 4 aliphatic carbocycles. The first-order chi connectivity index (χ1) is 17.1.